The average Bonchev–Trinajstić information content (AvgIpc) is 3.33. The number of Topliss-reactive ketones (excluding diaryl/α,β-unsaturated/α-hetero) is 1. The van der Waals surface area contributed by atoms with E-state index in [1.165, 1.54) is 0 Å². The molecule has 9 atom stereocenters. The molecule has 0 aromatic heterocycles. The third kappa shape index (κ3) is 5.24. The fourth-order valence-electron chi connectivity index (χ4n) is 4.95. The summed E-state index contributed by atoms with van der Waals surface area (Å²) in [6, 6.07) is 0. The highest BCUT2D eigenvalue weighted by Crippen LogP contribution is 2.38. The van der Waals surface area contributed by atoms with Gasteiger partial charge in [-0.25, -0.2) is 0 Å². The predicted octanol–water partition coefficient (Wildman–Crippen LogP) is 1.16. The van der Waals surface area contributed by atoms with Gasteiger partial charge in [0.1, 0.15) is 24.3 Å². The van der Waals surface area contributed by atoms with E-state index in [2.05, 4.69) is 0 Å². The summed E-state index contributed by atoms with van der Waals surface area (Å²) in [4.78, 5) is 22.9. The van der Waals surface area contributed by atoms with Crippen LogP contribution in [0.1, 0.15) is 51.9 Å². The van der Waals surface area contributed by atoms with E-state index in [-0.39, 0.29) is 61.0 Å². The van der Waals surface area contributed by atoms with Crippen LogP contribution in [0.5, 0.6) is 0 Å². The Morgan fingerprint density at radius 3 is 2.79 bits per heavy atom. The summed E-state index contributed by atoms with van der Waals surface area (Å²) in [5.41, 5.74) is 0. The van der Waals surface area contributed by atoms with Crippen LogP contribution in [0.4, 0.5) is 0 Å². The van der Waals surface area contributed by atoms with Crippen LogP contribution in [-0.2, 0) is 33.3 Å². The van der Waals surface area contributed by atoms with Crippen LogP contribution in [0.3, 0.4) is 0 Å². The van der Waals surface area contributed by atoms with Crippen molar-refractivity contribution >= 4 is 12.1 Å². The lowest BCUT2D eigenvalue weighted by Crippen LogP contribution is -2.41. The van der Waals surface area contributed by atoms with Crippen LogP contribution in [0.15, 0.2) is 0 Å². The maximum absolute atomic E-state index is 12.3. The molecule has 7 unspecified atom stereocenters. The fourth-order valence-corrected chi connectivity index (χ4v) is 4.95. The molecule has 0 amide bonds. The van der Waals surface area contributed by atoms with Crippen molar-refractivity contribution in [3.05, 3.63) is 0 Å². The van der Waals surface area contributed by atoms with Gasteiger partial charge in [0.2, 0.25) is 0 Å². The molecule has 1 N–H and O–H groups in total. The number of ketones is 1. The largest absolute Gasteiger partial charge is 0.393 e. The second kappa shape index (κ2) is 9.49. The molecule has 8 nitrogen and oxygen atoms in total. The van der Waals surface area contributed by atoms with Gasteiger partial charge in [-0.1, -0.05) is 0 Å². The van der Waals surface area contributed by atoms with Gasteiger partial charge >= 0.3 is 0 Å². The van der Waals surface area contributed by atoms with Crippen molar-refractivity contribution < 1.29 is 38.4 Å². The van der Waals surface area contributed by atoms with Crippen molar-refractivity contribution in [3.63, 3.8) is 0 Å². The molecule has 0 aromatic rings. The monoisotopic (exact) mass is 412 g/mol. The Labute approximate surface area is 171 Å². The van der Waals surface area contributed by atoms with Gasteiger partial charge in [-0.3, -0.25) is 4.79 Å². The molecule has 4 heterocycles. The Hall–Kier alpha value is -0.900. The van der Waals surface area contributed by atoms with E-state index in [1.54, 1.807) is 0 Å². The lowest BCUT2D eigenvalue weighted by molar-refractivity contribution is -0.220. The van der Waals surface area contributed by atoms with Crippen LogP contribution in [-0.4, -0.2) is 79.4 Å². The Balaban J connectivity index is 1.19. The predicted molar refractivity (Wildman–Crippen MR) is 100 cm³/mol. The quantitative estimate of drug-likeness (QED) is 0.563. The maximum Gasteiger partial charge on any atom is 0.160 e. The number of aliphatic hydroxyl groups is 1. The van der Waals surface area contributed by atoms with Gasteiger partial charge in [-0.2, -0.15) is 0 Å². The number of carbonyl (C=O) groups is 2. The molecule has 8 heteroatoms. The Kier molecular flexibility index (Phi) is 6.98. The highest BCUT2D eigenvalue weighted by atomic mass is 16.7. The number of hydrogen-bond acceptors (Lipinski definition) is 8. The van der Waals surface area contributed by atoms with Crippen LogP contribution < -0.4 is 0 Å². The third-order valence-electron chi connectivity index (χ3n) is 6.42. The normalized spacial score (nSPS) is 42.4. The van der Waals surface area contributed by atoms with Crippen molar-refractivity contribution in [1.29, 1.82) is 0 Å². The molecule has 0 aliphatic carbocycles. The minimum atomic E-state index is -0.692. The van der Waals surface area contributed by atoms with E-state index in [9.17, 15) is 14.7 Å². The second-order valence-electron chi connectivity index (χ2n) is 8.84. The van der Waals surface area contributed by atoms with Crippen LogP contribution >= 0.6 is 0 Å². The summed E-state index contributed by atoms with van der Waals surface area (Å²) >= 11 is 0. The van der Waals surface area contributed by atoms with Crippen molar-refractivity contribution in [3.8, 4) is 0 Å². The SMILES string of the molecule is CC1OC2CC3OCC(CCC(O)CC(=O)CC4CO[C@H](CC=O)C4)O[C@H]1C2O3. The molecule has 0 saturated carbocycles. The first-order valence-electron chi connectivity index (χ1n) is 10.8. The first-order chi connectivity index (χ1) is 14.0. The van der Waals surface area contributed by atoms with Crippen molar-refractivity contribution in [2.75, 3.05) is 13.2 Å². The summed E-state index contributed by atoms with van der Waals surface area (Å²) in [5, 5.41) is 10.3. The Morgan fingerprint density at radius 2 is 1.97 bits per heavy atom. The number of aldehydes is 1. The minimum absolute atomic E-state index is 0.0188. The number of fused-ring (bicyclic) bond motifs is 1. The molecule has 164 valence electrons. The van der Waals surface area contributed by atoms with E-state index in [1.807, 2.05) is 6.92 Å². The van der Waals surface area contributed by atoms with Crippen molar-refractivity contribution in [2.24, 2.45) is 5.92 Å². The van der Waals surface area contributed by atoms with Gasteiger partial charge in [-0.15, -0.1) is 0 Å². The molecular formula is C21H32O8. The van der Waals surface area contributed by atoms with E-state index in [4.69, 9.17) is 23.7 Å². The van der Waals surface area contributed by atoms with E-state index in [0.29, 0.717) is 38.9 Å². The molecular weight excluding hydrogens is 380 g/mol. The van der Waals surface area contributed by atoms with Gasteiger partial charge in [0.15, 0.2) is 6.29 Å². The number of carbonyl (C=O) groups excluding carboxylic acids is 2. The molecule has 4 fully saturated rings. The number of aliphatic hydroxyl groups excluding tert-OH is 1. The molecule has 4 aliphatic heterocycles. The zero-order valence-corrected chi connectivity index (χ0v) is 16.9. The fraction of sp³-hybridized carbons (Fsp3) is 0.905. The van der Waals surface area contributed by atoms with E-state index in [0.717, 1.165) is 19.1 Å². The van der Waals surface area contributed by atoms with Crippen molar-refractivity contribution in [1.82, 2.24) is 0 Å². The highest BCUT2D eigenvalue weighted by molar-refractivity contribution is 5.79. The highest BCUT2D eigenvalue weighted by Gasteiger charge is 2.52. The standard InChI is InChI=1S/C21H32O8/c1-12-20-21-18(27-12)9-19(29-21)26-11-17(28-20)3-2-14(23)8-15(24)6-13-7-16(4-5-22)25-10-13/h5,12-14,16-21,23H,2-4,6-11H2,1H3/t12?,13?,14?,16-,17?,18?,19?,20-,21?/m1/s1. The van der Waals surface area contributed by atoms with Crippen LogP contribution in [0.25, 0.3) is 0 Å². The second-order valence-corrected chi connectivity index (χ2v) is 8.84. The molecule has 4 saturated heterocycles. The molecule has 0 radical (unpaired) electrons. The summed E-state index contributed by atoms with van der Waals surface area (Å²) in [6.45, 7) is 2.94. The van der Waals surface area contributed by atoms with Crippen LogP contribution in [0.2, 0.25) is 0 Å². The number of rotatable bonds is 9. The zero-order chi connectivity index (χ0) is 20.4. The first kappa shape index (κ1) is 21.3. The van der Waals surface area contributed by atoms with Crippen molar-refractivity contribution in [2.45, 2.75) is 101 Å². The first-order valence-corrected chi connectivity index (χ1v) is 10.8. The van der Waals surface area contributed by atoms with Gasteiger partial charge in [-0.05, 0) is 32.1 Å². The molecule has 29 heavy (non-hydrogen) atoms. The maximum atomic E-state index is 12.3. The number of hydrogen-bond donors (Lipinski definition) is 1. The summed E-state index contributed by atoms with van der Waals surface area (Å²) in [5.74, 6) is 0.189. The summed E-state index contributed by atoms with van der Waals surface area (Å²) in [7, 11) is 0. The topological polar surface area (TPSA) is 101 Å². The molecule has 0 aromatic carbocycles. The molecule has 2 bridgehead atoms. The molecule has 0 spiro atoms. The molecule has 4 aliphatic rings. The van der Waals surface area contributed by atoms with Gasteiger partial charge < -0.3 is 33.6 Å². The average molecular weight is 412 g/mol. The lowest BCUT2D eigenvalue weighted by Gasteiger charge is -2.31. The zero-order valence-electron chi connectivity index (χ0n) is 16.9. The Bertz CT molecular complexity index is 583. The van der Waals surface area contributed by atoms with E-state index >= 15 is 0 Å². The molecule has 4 rings (SSSR count). The minimum Gasteiger partial charge on any atom is -0.393 e. The summed E-state index contributed by atoms with van der Waals surface area (Å²) < 4.78 is 29.3. The summed E-state index contributed by atoms with van der Waals surface area (Å²) in [6.07, 6.45) is 3.03. The lowest BCUT2D eigenvalue weighted by atomic mass is 9.95. The number of ether oxygens (including phenoxy) is 5. The van der Waals surface area contributed by atoms with Crippen LogP contribution in [0, 0.1) is 5.92 Å². The Morgan fingerprint density at radius 1 is 1.10 bits per heavy atom. The van der Waals surface area contributed by atoms with E-state index < -0.39 is 6.10 Å². The third-order valence-corrected chi connectivity index (χ3v) is 6.42. The van der Waals surface area contributed by atoms with Gasteiger partial charge in [0.05, 0.1) is 43.7 Å². The van der Waals surface area contributed by atoms with Gasteiger partial charge in [0, 0.05) is 25.7 Å². The smallest absolute Gasteiger partial charge is 0.160 e. The van der Waals surface area contributed by atoms with Gasteiger partial charge in [0.25, 0.3) is 0 Å².